The number of amides is 1. The lowest BCUT2D eigenvalue weighted by Gasteiger charge is -2.05. The van der Waals surface area contributed by atoms with E-state index in [1.165, 1.54) is 24.3 Å². The van der Waals surface area contributed by atoms with E-state index >= 15 is 0 Å². The normalized spacial score (nSPS) is 11.2. The van der Waals surface area contributed by atoms with Gasteiger partial charge in [0.15, 0.2) is 9.84 Å². The Kier molecular flexibility index (Phi) is 5.01. The maximum atomic E-state index is 14.0. The highest BCUT2D eigenvalue weighted by molar-refractivity contribution is 7.90. The molecule has 11 heteroatoms. The largest absolute Gasteiger partial charge is 0.416 e. The van der Waals surface area contributed by atoms with Crippen molar-refractivity contribution < 1.29 is 31.1 Å². The first-order valence-electron chi connectivity index (χ1n) is 7.64. The Morgan fingerprint density at radius 2 is 1.86 bits per heavy atom. The average molecular weight is 409 g/mol. The molecule has 3 rings (SSSR count). The summed E-state index contributed by atoms with van der Waals surface area (Å²) in [5.41, 5.74) is 5.04. The van der Waals surface area contributed by atoms with Gasteiger partial charge in [0, 0.05) is 11.9 Å². The van der Waals surface area contributed by atoms with Crippen molar-refractivity contribution >= 4 is 27.5 Å². The summed E-state index contributed by atoms with van der Waals surface area (Å²) in [5.74, 6) is -2.51. The summed E-state index contributed by atoms with van der Waals surface area (Å²) >= 11 is 0. The number of hydrogen-bond donors (Lipinski definition) is 2. The molecule has 8 nitrogen and oxygen atoms in total. The number of sulfone groups is 1. The summed E-state index contributed by atoms with van der Waals surface area (Å²) in [4.78, 5) is 15.0. The van der Waals surface area contributed by atoms with Crippen LogP contribution in [0.25, 0.3) is 11.5 Å². The van der Waals surface area contributed by atoms with Crippen LogP contribution in [0.2, 0.25) is 0 Å². The number of rotatable bonds is 5. The van der Waals surface area contributed by atoms with E-state index in [1.54, 1.807) is 0 Å². The maximum absolute atomic E-state index is 14.0. The van der Waals surface area contributed by atoms with Gasteiger partial charge in [0.1, 0.15) is 11.6 Å². The van der Waals surface area contributed by atoms with Crippen LogP contribution in [0.5, 0.6) is 5.88 Å². The monoisotopic (exact) mass is 409 g/mol. The molecule has 0 aliphatic carbocycles. The SMILES string of the molecule is CS(=O)(=O)c1ccc(Nc2oc(-c3cc(F)ccc3F)nc2OC(N)=O)cc1. The molecule has 2 aromatic carbocycles. The number of hydrogen-bond acceptors (Lipinski definition) is 7. The number of primary amides is 1. The summed E-state index contributed by atoms with van der Waals surface area (Å²) in [7, 11) is -3.38. The number of carbonyl (C=O) groups is 1. The van der Waals surface area contributed by atoms with Crippen LogP contribution in [0.3, 0.4) is 0 Å². The molecule has 0 spiro atoms. The fraction of sp³-hybridized carbons (Fsp3) is 0.0588. The van der Waals surface area contributed by atoms with E-state index in [0.29, 0.717) is 5.69 Å². The Bertz CT molecular complexity index is 1140. The number of ether oxygens (including phenoxy) is 1. The number of aromatic nitrogens is 1. The first-order valence-corrected chi connectivity index (χ1v) is 9.53. The smallest absolute Gasteiger partial charge is 0.411 e. The van der Waals surface area contributed by atoms with Crippen molar-refractivity contribution in [2.24, 2.45) is 5.73 Å². The van der Waals surface area contributed by atoms with E-state index in [-0.39, 0.29) is 22.2 Å². The van der Waals surface area contributed by atoms with Gasteiger partial charge >= 0.3 is 6.09 Å². The van der Waals surface area contributed by atoms with E-state index in [2.05, 4.69) is 10.3 Å². The third-order valence-corrected chi connectivity index (χ3v) is 4.62. The van der Waals surface area contributed by atoms with E-state index in [4.69, 9.17) is 14.9 Å². The van der Waals surface area contributed by atoms with Gasteiger partial charge in [-0.15, -0.1) is 0 Å². The standard InChI is InChI=1S/C17H13F2N3O5S/c1-28(24,25)11-5-3-10(4-6-11)21-15-16(27-17(20)23)22-14(26-15)12-8-9(18)2-7-13(12)19/h2-8,21H,1H3,(H2,20,23). The number of nitrogens with zero attached hydrogens (tertiary/aromatic N) is 1. The molecule has 3 aromatic rings. The van der Waals surface area contributed by atoms with Gasteiger partial charge in [0.05, 0.1) is 10.5 Å². The van der Waals surface area contributed by atoms with Gasteiger partial charge in [-0.3, -0.25) is 0 Å². The van der Waals surface area contributed by atoms with Crippen LogP contribution in [0, 0.1) is 11.6 Å². The van der Waals surface area contributed by atoms with Crippen LogP contribution in [-0.2, 0) is 9.84 Å². The lowest BCUT2D eigenvalue weighted by atomic mass is 10.2. The minimum Gasteiger partial charge on any atom is -0.416 e. The molecule has 0 aliphatic rings. The average Bonchev–Trinajstić information content (AvgIpc) is 2.98. The highest BCUT2D eigenvalue weighted by atomic mass is 32.2. The molecule has 0 atom stereocenters. The summed E-state index contributed by atoms with van der Waals surface area (Å²) in [6.45, 7) is 0. The van der Waals surface area contributed by atoms with Crippen molar-refractivity contribution in [3.8, 4) is 17.3 Å². The zero-order valence-corrected chi connectivity index (χ0v) is 15.1. The number of nitrogens with one attached hydrogen (secondary N) is 1. The number of oxazole rings is 1. The van der Waals surface area contributed by atoms with Gasteiger partial charge in [0.2, 0.25) is 5.89 Å². The predicted octanol–water partition coefficient (Wildman–Crippen LogP) is 3.22. The zero-order valence-electron chi connectivity index (χ0n) is 14.3. The third kappa shape index (κ3) is 4.26. The van der Waals surface area contributed by atoms with Gasteiger partial charge in [-0.25, -0.2) is 22.0 Å². The third-order valence-electron chi connectivity index (χ3n) is 3.49. The summed E-state index contributed by atoms with van der Waals surface area (Å²) < 4.78 is 60.5. The van der Waals surface area contributed by atoms with Crippen LogP contribution >= 0.6 is 0 Å². The van der Waals surface area contributed by atoms with Gasteiger partial charge < -0.3 is 20.2 Å². The summed E-state index contributed by atoms with van der Waals surface area (Å²) in [5, 5.41) is 2.71. The first kappa shape index (κ1) is 19.3. The Morgan fingerprint density at radius 1 is 1.18 bits per heavy atom. The molecule has 0 bridgehead atoms. The predicted molar refractivity (Wildman–Crippen MR) is 94.9 cm³/mol. The Balaban J connectivity index is 1.98. The second-order valence-electron chi connectivity index (χ2n) is 5.62. The van der Waals surface area contributed by atoms with Crippen LogP contribution in [-0.4, -0.2) is 25.8 Å². The number of anilines is 2. The van der Waals surface area contributed by atoms with Gasteiger partial charge in [0.25, 0.3) is 11.8 Å². The molecule has 1 aromatic heterocycles. The minimum absolute atomic E-state index is 0.0896. The number of benzene rings is 2. The van der Waals surface area contributed by atoms with Crippen molar-refractivity contribution in [1.82, 2.24) is 4.98 Å². The molecular formula is C17H13F2N3O5S. The highest BCUT2D eigenvalue weighted by Crippen LogP contribution is 2.34. The Labute approximate surface area is 157 Å². The van der Waals surface area contributed by atoms with Crippen molar-refractivity contribution in [2.75, 3.05) is 11.6 Å². The second kappa shape index (κ2) is 7.27. The van der Waals surface area contributed by atoms with Crippen molar-refractivity contribution in [3.63, 3.8) is 0 Å². The van der Waals surface area contributed by atoms with Crippen LogP contribution in [0.1, 0.15) is 0 Å². The van der Waals surface area contributed by atoms with Crippen molar-refractivity contribution in [1.29, 1.82) is 0 Å². The molecule has 28 heavy (non-hydrogen) atoms. The van der Waals surface area contributed by atoms with Crippen LogP contribution in [0.4, 0.5) is 25.1 Å². The maximum Gasteiger partial charge on any atom is 0.411 e. The topological polar surface area (TPSA) is 125 Å². The van der Waals surface area contributed by atoms with Crippen LogP contribution < -0.4 is 15.8 Å². The second-order valence-corrected chi connectivity index (χ2v) is 7.64. The van der Waals surface area contributed by atoms with Gasteiger partial charge in [-0.05, 0) is 42.5 Å². The minimum atomic E-state index is -3.38. The molecule has 0 saturated heterocycles. The van der Waals surface area contributed by atoms with Crippen molar-refractivity contribution in [2.45, 2.75) is 4.90 Å². The quantitative estimate of drug-likeness (QED) is 0.663. The fourth-order valence-electron chi connectivity index (χ4n) is 2.24. The number of nitrogens with two attached hydrogens (primary N) is 1. The molecule has 1 heterocycles. The first-order chi connectivity index (χ1) is 13.1. The molecule has 0 radical (unpaired) electrons. The van der Waals surface area contributed by atoms with Gasteiger partial charge in [-0.2, -0.15) is 4.98 Å². The molecule has 0 saturated carbocycles. The number of carbonyl (C=O) groups excluding carboxylic acids is 1. The van der Waals surface area contributed by atoms with E-state index in [1.807, 2.05) is 0 Å². The highest BCUT2D eigenvalue weighted by Gasteiger charge is 2.21. The summed E-state index contributed by atoms with van der Waals surface area (Å²) in [6, 6.07) is 8.21. The lowest BCUT2D eigenvalue weighted by molar-refractivity contribution is 0.209. The molecule has 0 fully saturated rings. The van der Waals surface area contributed by atoms with E-state index in [9.17, 15) is 22.0 Å². The number of halogens is 2. The van der Waals surface area contributed by atoms with E-state index < -0.39 is 33.4 Å². The molecule has 146 valence electrons. The van der Waals surface area contributed by atoms with Gasteiger partial charge in [-0.1, -0.05) is 0 Å². The molecular weight excluding hydrogens is 396 g/mol. The Morgan fingerprint density at radius 3 is 2.46 bits per heavy atom. The van der Waals surface area contributed by atoms with Crippen LogP contribution in [0.15, 0.2) is 51.8 Å². The Hall–Kier alpha value is -3.47. The fourth-order valence-corrected chi connectivity index (χ4v) is 2.87. The lowest BCUT2D eigenvalue weighted by Crippen LogP contribution is -2.17. The zero-order chi connectivity index (χ0) is 20.5. The molecule has 0 aliphatic heterocycles. The molecule has 0 unspecified atom stereocenters. The van der Waals surface area contributed by atoms with E-state index in [0.717, 1.165) is 24.5 Å². The van der Waals surface area contributed by atoms with Crippen molar-refractivity contribution in [3.05, 3.63) is 54.1 Å². The molecule has 3 N–H and O–H groups in total. The summed E-state index contributed by atoms with van der Waals surface area (Å²) in [6.07, 6.45) is -0.139. The molecule has 1 amide bonds.